The van der Waals surface area contributed by atoms with Crippen LogP contribution in [0.4, 0.5) is 13.2 Å². The third-order valence-corrected chi connectivity index (χ3v) is 6.26. The van der Waals surface area contributed by atoms with Crippen LogP contribution in [-0.2, 0) is 11.3 Å². The summed E-state index contributed by atoms with van der Waals surface area (Å²) in [6, 6.07) is 19.4. The van der Waals surface area contributed by atoms with Crippen LogP contribution in [0.3, 0.4) is 0 Å². The molecule has 1 fully saturated rings. The summed E-state index contributed by atoms with van der Waals surface area (Å²) in [5.41, 5.74) is 5.78. The number of carboxylic acid groups (broad SMARTS) is 1. The van der Waals surface area contributed by atoms with Crippen LogP contribution in [0.15, 0.2) is 59.1 Å². The zero-order chi connectivity index (χ0) is 26.7. The molecule has 1 aromatic heterocycles. The normalized spacial score (nSPS) is 15.7. The van der Waals surface area contributed by atoms with E-state index in [1.165, 1.54) is 22.3 Å². The minimum Gasteiger partial charge on any atom is -0.475 e. The number of aliphatic carboxylic acids is 1. The fourth-order valence-electron chi connectivity index (χ4n) is 4.67. The highest BCUT2D eigenvalue weighted by Gasteiger charge is 2.38. The number of carbonyl (C=O) groups excluding carboxylic acids is 1. The zero-order valence-electron chi connectivity index (χ0n) is 20.4. The second-order valence-corrected chi connectivity index (χ2v) is 9.12. The summed E-state index contributed by atoms with van der Waals surface area (Å²) in [6.45, 7) is 3.68. The molecule has 37 heavy (non-hydrogen) atoms. The van der Waals surface area contributed by atoms with E-state index in [1.807, 2.05) is 23.9 Å². The average Bonchev–Trinajstić information content (AvgIpc) is 3.46. The molecule has 0 saturated carbocycles. The van der Waals surface area contributed by atoms with Crippen LogP contribution in [0.2, 0.25) is 0 Å². The van der Waals surface area contributed by atoms with Crippen LogP contribution in [0.5, 0.6) is 0 Å². The largest absolute Gasteiger partial charge is 0.490 e. The smallest absolute Gasteiger partial charge is 0.475 e. The van der Waals surface area contributed by atoms with Crippen LogP contribution in [-0.4, -0.2) is 83.3 Å². The van der Waals surface area contributed by atoms with Gasteiger partial charge < -0.3 is 19.4 Å². The molecule has 1 saturated heterocycles. The van der Waals surface area contributed by atoms with E-state index in [-0.39, 0.29) is 11.9 Å². The molecule has 0 atom stereocenters. The summed E-state index contributed by atoms with van der Waals surface area (Å²) >= 11 is 0. The summed E-state index contributed by atoms with van der Waals surface area (Å²) in [5.74, 6) is -2.09. The topological polar surface area (TPSA) is 90.1 Å². The molecule has 3 aromatic rings. The van der Waals surface area contributed by atoms with Gasteiger partial charge in [-0.25, -0.2) is 4.79 Å². The fraction of sp³-hybridized carbons (Fsp3) is 0.346. The van der Waals surface area contributed by atoms with Gasteiger partial charge in [-0.3, -0.25) is 9.69 Å². The molecule has 2 heterocycles. The van der Waals surface area contributed by atoms with E-state index in [0.717, 1.165) is 13.1 Å². The highest BCUT2D eigenvalue weighted by Crippen LogP contribution is 2.46. The number of halogens is 3. The Balaban J connectivity index is 0.000000405. The maximum atomic E-state index is 12.9. The van der Waals surface area contributed by atoms with Crippen molar-refractivity contribution in [2.75, 3.05) is 40.3 Å². The van der Waals surface area contributed by atoms with Gasteiger partial charge in [0.2, 0.25) is 0 Å². The second-order valence-electron chi connectivity index (χ2n) is 9.12. The fourth-order valence-corrected chi connectivity index (χ4v) is 4.67. The molecule has 0 bridgehead atoms. The molecule has 1 aliphatic heterocycles. The van der Waals surface area contributed by atoms with Crippen molar-refractivity contribution in [3.05, 3.63) is 77.2 Å². The first-order valence-corrected chi connectivity index (χ1v) is 11.7. The number of benzene rings is 2. The Morgan fingerprint density at radius 3 is 2.00 bits per heavy atom. The van der Waals surface area contributed by atoms with Gasteiger partial charge in [0.05, 0.1) is 12.6 Å². The molecule has 0 unspecified atom stereocenters. The van der Waals surface area contributed by atoms with Crippen molar-refractivity contribution in [3.8, 4) is 11.1 Å². The number of carbonyl (C=O) groups is 2. The van der Waals surface area contributed by atoms with Crippen molar-refractivity contribution in [2.24, 2.45) is 0 Å². The van der Waals surface area contributed by atoms with Gasteiger partial charge in [0.25, 0.3) is 5.91 Å². The number of nitrogens with zero attached hydrogens (tertiary/aromatic N) is 4. The zero-order valence-corrected chi connectivity index (χ0v) is 20.4. The van der Waals surface area contributed by atoms with Crippen LogP contribution in [0.1, 0.15) is 33.4 Å². The number of hydrogen-bond acceptors (Lipinski definition) is 6. The van der Waals surface area contributed by atoms with E-state index in [4.69, 9.17) is 14.4 Å². The van der Waals surface area contributed by atoms with Crippen LogP contribution in [0, 0.1) is 0 Å². The van der Waals surface area contributed by atoms with E-state index >= 15 is 0 Å². The van der Waals surface area contributed by atoms with Gasteiger partial charge in [-0.2, -0.15) is 13.2 Å². The predicted molar refractivity (Wildman–Crippen MR) is 129 cm³/mol. The first kappa shape index (κ1) is 26.4. The lowest BCUT2D eigenvalue weighted by Gasteiger charge is -2.38. The van der Waals surface area contributed by atoms with Gasteiger partial charge in [-0.15, -0.1) is 0 Å². The highest BCUT2D eigenvalue weighted by atomic mass is 19.4. The Hall–Kier alpha value is -3.70. The van der Waals surface area contributed by atoms with Crippen molar-refractivity contribution in [3.63, 3.8) is 0 Å². The van der Waals surface area contributed by atoms with Crippen molar-refractivity contribution in [1.29, 1.82) is 0 Å². The highest BCUT2D eigenvalue weighted by molar-refractivity contribution is 5.92. The average molecular weight is 517 g/mol. The first-order valence-electron chi connectivity index (χ1n) is 11.7. The lowest BCUT2D eigenvalue weighted by Crippen LogP contribution is -2.49. The van der Waals surface area contributed by atoms with Crippen molar-refractivity contribution < 1.29 is 32.4 Å². The number of piperazine rings is 1. The second kappa shape index (κ2) is 10.7. The van der Waals surface area contributed by atoms with E-state index in [0.29, 0.717) is 31.1 Å². The molecule has 1 amide bonds. The Morgan fingerprint density at radius 1 is 1.00 bits per heavy atom. The summed E-state index contributed by atoms with van der Waals surface area (Å²) in [6.07, 6.45) is -5.08. The van der Waals surface area contributed by atoms with Gasteiger partial charge in [-0.05, 0) is 36.3 Å². The van der Waals surface area contributed by atoms with Gasteiger partial charge >= 0.3 is 12.1 Å². The molecule has 11 heteroatoms. The summed E-state index contributed by atoms with van der Waals surface area (Å²) in [7, 11) is 3.92. The Labute approximate surface area is 211 Å². The van der Waals surface area contributed by atoms with Gasteiger partial charge in [0, 0.05) is 32.2 Å². The van der Waals surface area contributed by atoms with E-state index in [1.54, 1.807) is 6.07 Å². The third kappa shape index (κ3) is 5.83. The molecular weight excluding hydrogens is 489 g/mol. The lowest BCUT2D eigenvalue weighted by atomic mass is 10.0. The molecule has 196 valence electrons. The van der Waals surface area contributed by atoms with Crippen molar-refractivity contribution in [1.82, 2.24) is 19.9 Å². The first-order chi connectivity index (χ1) is 17.6. The molecule has 2 aromatic carbocycles. The molecule has 0 radical (unpaired) electrons. The quantitative estimate of drug-likeness (QED) is 0.563. The molecule has 1 aliphatic carbocycles. The molecule has 5 rings (SSSR count). The maximum absolute atomic E-state index is 12.9. The van der Waals surface area contributed by atoms with Gasteiger partial charge in [-0.1, -0.05) is 53.7 Å². The van der Waals surface area contributed by atoms with Crippen LogP contribution >= 0.6 is 0 Å². The monoisotopic (exact) mass is 516 g/mol. The number of alkyl halides is 3. The standard InChI is InChI=1S/C24H26N4O2.C2HF3O2/c1-26(2)16-17-15-22(25-30-17)24(29)28-13-11-27(12-14-28)23-20-9-5-3-7-18(20)19-8-4-6-10-21(19)23;3-2(4,5)1(6)7/h3-10,15,23H,11-14,16H2,1-2H3;(H,6,7). The summed E-state index contributed by atoms with van der Waals surface area (Å²) in [5, 5.41) is 11.1. The molecule has 2 aliphatic rings. The summed E-state index contributed by atoms with van der Waals surface area (Å²) < 4.78 is 37.1. The van der Waals surface area contributed by atoms with E-state index in [9.17, 15) is 18.0 Å². The Bertz CT molecular complexity index is 1220. The minimum atomic E-state index is -5.08. The molecule has 8 nitrogen and oxygen atoms in total. The van der Waals surface area contributed by atoms with E-state index < -0.39 is 12.1 Å². The third-order valence-electron chi connectivity index (χ3n) is 6.26. The number of amides is 1. The molecule has 1 N–H and O–H groups in total. The number of fused-ring (bicyclic) bond motifs is 3. The Kier molecular flexibility index (Phi) is 7.65. The molecule has 0 spiro atoms. The SMILES string of the molecule is CN(C)Cc1cc(C(=O)N2CCN(C3c4ccccc4-c4ccccc43)CC2)no1.O=C(O)C(F)(F)F. The Morgan fingerprint density at radius 2 is 1.51 bits per heavy atom. The number of aromatic nitrogens is 1. The lowest BCUT2D eigenvalue weighted by molar-refractivity contribution is -0.192. The van der Waals surface area contributed by atoms with Crippen LogP contribution < -0.4 is 0 Å². The van der Waals surface area contributed by atoms with Gasteiger partial charge in [0.15, 0.2) is 11.5 Å². The minimum absolute atomic E-state index is 0.0457. The van der Waals surface area contributed by atoms with E-state index in [2.05, 4.69) is 58.6 Å². The summed E-state index contributed by atoms with van der Waals surface area (Å²) in [4.78, 5) is 28.2. The number of carboxylic acids is 1. The maximum Gasteiger partial charge on any atom is 0.490 e. The predicted octanol–water partition coefficient (Wildman–Crippen LogP) is 3.90. The van der Waals surface area contributed by atoms with Gasteiger partial charge in [0.1, 0.15) is 0 Å². The number of rotatable bonds is 4. The number of hydrogen-bond donors (Lipinski definition) is 1. The van der Waals surface area contributed by atoms with Crippen molar-refractivity contribution >= 4 is 11.9 Å². The van der Waals surface area contributed by atoms with Crippen molar-refractivity contribution in [2.45, 2.75) is 18.8 Å². The van der Waals surface area contributed by atoms with Crippen LogP contribution in [0.25, 0.3) is 11.1 Å². The molecular formula is C26H27F3N4O4.